The molecule has 0 spiro atoms. The summed E-state index contributed by atoms with van der Waals surface area (Å²) in [5, 5.41) is 5.88. The van der Waals surface area contributed by atoms with E-state index in [4.69, 9.17) is 4.74 Å². The molecule has 0 radical (unpaired) electrons. The summed E-state index contributed by atoms with van der Waals surface area (Å²) in [6.07, 6.45) is 9.85. The number of carbonyl (C=O) groups excluding carboxylic acids is 2. The maximum atomic E-state index is 12.6. The zero-order chi connectivity index (χ0) is 23.9. The first kappa shape index (κ1) is 24.5. The number of piperidine rings is 1. The molecule has 1 aliphatic heterocycles. The number of hydrogen-bond acceptors (Lipinski definition) is 5. The van der Waals surface area contributed by atoms with Crippen molar-refractivity contribution in [1.82, 2.24) is 15.2 Å². The van der Waals surface area contributed by atoms with E-state index >= 15 is 0 Å². The van der Waals surface area contributed by atoms with Crippen molar-refractivity contribution in [1.29, 1.82) is 0 Å². The lowest BCUT2D eigenvalue weighted by Crippen LogP contribution is -2.40. The molecule has 0 bridgehead atoms. The summed E-state index contributed by atoms with van der Waals surface area (Å²) < 4.78 is 5.72. The molecule has 6 nitrogen and oxygen atoms in total. The van der Waals surface area contributed by atoms with Gasteiger partial charge >= 0.3 is 0 Å². The molecule has 2 heterocycles. The van der Waals surface area contributed by atoms with Crippen LogP contribution in [0.1, 0.15) is 77.5 Å². The molecule has 0 saturated carbocycles. The van der Waals surface area contributed by atoms with E-state index in [1.807, 2.05) is 35.4 Å². The fourth-order valence-electron chi connectivity index (χ4n) is 4.55. The van der Waals surface area contributed by atoms with Gasteiger partial charge in [-0.05, 0) is 82.1 Å². The smallest absolute Gasteiger partial charge is 0.270 e. The molecule has 1 fully saturated rings. The average Bonchev–Trinajstić information content (AvgIpc) is 3.36. The SMILES string of the molecule is Cc1ccc(OCC(=O)N2CCC(c3nc(C(=O)NCCC4=CCCCC4)cs3)CC2)cc1C. The van der Waals surface area contributed by atoms with E-state index in [9.17, 15) is 9.59 Å². The van der Waals surface area contributed by atoms with Gasteiger partial charge < -0.3 is 15.0 Å². The van der Waals surface area contributed by atoms with Crippen molar-refractivity contribution in [2.45, 2.75) is 64.7 Å². The Bertz CT molecular complexity index is 1040. The standard InChI is InChI=1S/C27H35N3O3S/c1-19-8-9-23(16-20(19)2)33-17-25(31)30-14-11-22(12-15-30)27-29-24(18-34-27)26(32)28-13-10-21-6-4-3-5-7-21/h6,8-9,16,18,22H,3-5,7,10-15,17H2,1-2H3,(H,28,32). The second-order valence-electron chi connectivity index (χ2n) is 9.37. The largest absolute Gasteiger partial charge is 0.484 e. The highest BCUT2D eigenvalue weighted by atomic mass is 32.1. The molecule has 1 aromatic carbocycles. The lowest BCUT2D eigenvalue weighted by molar-refractivity contribution is -0.134. The minimum absolute atomic E-state index is 0.0176. The van der Waals surface area contributed by atoms with Crippen LogP contribution in [0.25, 0.3) is 0 Å². The molecule has 0 unspecified atom stereocenters. The van der Waals surface area contributed by atoms with Gasteiger partial charge in [-0.1, -0.05) is 17.7 Å². The number of amides is 2. The van der Waals surface area contributed by atoms with Gasteiger partial charge in [-0.15, -0.1) is 11.3 Å². The van der Waals surface area contributed by atoms with Crippen LogP contribution in [-0.4, -0.2) is 47.9 Å². The molecular formula is C27H35N3O3S. The van der Waals surface area contributed by atoms with Crippen molar-refractivity contribution < 1.29 is 14.3 Å². The quantitative estimate of drug-likeness (QED) is 0.529. The third-order valence-corrected chi connectivity index (χ3v) is 7.92. The number of carbonyl (C=O) groups is 2. The van der Waals surface area contributed by atoms with E-state index in [-0.39, 0.29) is 18.4 Å². The number of allylic oxidation sites excluding steroid dienone is 1. The molecular weight excluding hydrogens is 446 g/mol. The molecule has 2 aliphatic rings. The van der Waals surface area contributed by atoms with Gasteiger partial charge in [-0.3, -0.25) is 9.59 Å². The number of aryl methyl sites for hydroxylation is 2. The Kier molecular flexibility index (Phi) is 8.38. The van der Waals surface area contributed by atoms with Crippen molar-refractivity contribution in [2.75, 3.05) is 26.2 Å². The van der Waals surface area contributed by atoms with Crippen LogP contribution in [0.3, 0.4) is 0 Å². The van der Waals surface area contributed by atoms with Crippen LogP contribution in [0, 0.1) is 13.8 Å². The Morgan fingerprint density at radius 1 is 1.18 bits per heavy atom. The van der Waals surface area contributed by atoms with Crippen LogP contribution in [0.4, 0.5) is 0 Å². The molecule has 1 aliphatic carbocycles. The predicted octanol–water partition coefficient (Wildman–Crippen LogP) is 5.17. The third-order valence-electron chi connectivity index (χ3n) is 6.91. The minimum atomic E-state index is -0.0879. The Morgan fingerprint density at radius 3 is 2.74 bits per heavy atom. The third kappa shape index (κ3) is 6.47. The van der Waals surface area contributed by atoms with Crippen molar-refractivity contribution in [3.8, 4) is 5.75 Å². The monoisotopic (exact) mass is 481 g/mol. The number of ether oxygens (including phenoxy) is 1. The van der Waals surface area contributed by atoms with Crippen molar-refractivity contribution in [2.24, 2.45) is 0 Å². The second kappa shape index (κ2) is 11.6. The van der Waals surface area contributed by atoms with Crippen molar-refractivity contribution >= 4 is 23.2 Å². The van der Waals surface area contributed by atoms with Gasteiger partial charge in [0.2, 0.25) is 0 Å². The van der Waals surface area contributed by atoms with Crippen LogP contribution in [0.15, 0.2) is 35.2 Å². The average molecular weight is 482 g/mol. The first-order valence-electron chi connectivity index (χ1n) is 12.4. The van der Waals surface area contributed by atoms with E-state index in [1.54, 1.807) is 11.3 Å². The second-order valence-corrected chi connectivity index (χ2v) is 10.3. The molecule has 2 amide bonds. The highest BCUT2D eigenvalue weighted by molar-refractivity contribution is 7.09. The molecule has 0 atom stereocenters. The predicted molar refractivity (Wildman–Crippen MR) is 136 cm³/mol. The highest BCUT2D eigenvalue weighted by Crippen LogP contribution is 2.30. The Labute approximate surface area is 206 Å². The summed E-state index contributed by atoms with van der Waals surface area (Å²) in [6, 6.07) is 5.89. The van der Waals surface area contributed by atoms with Gasteiger partial charge in [0.05, 0.1) is 5.01 Å². The molecule has 7 heteroatoms. The Morgan fingerprint density at radius 2 is 2.00 bits per heavy atom. The zero-order valence-electron chi connectivity index (χ0n) is 20.3. The summed E-state index contributed by atoms with van der Waals surface area (Å²) in [7, 11) is 0. The van der Waals surface area contributed by atoms with Gasteiger partial charge in [0, 0.05) is 30.9 Å². The molecule has 2 aromatic rings. The van der Waals surface area contributed by atoms with Crippen LogP contribution in [0.2, 0.25) is 0 Å². The van der Waals surface area contributed by atoms with Crippen molar-refractivity contribution in [3.63, 3.8) is 0 Å². The van der Waals surface area contributed by atoms with E-state index < -0.39 is 0 Å². The first-order valence-corrected chi connectivity index (χ1v) is 13.3. The fourth-order valence-corrected chi connectivity index (χ4v) is 5.53. The number of nitrogens with one attached hydrogen (secondary N) is 1. The summed E-state index contributed by atoms with van der Waals surface area (Å²) in [5.74, 6) is 0.957. The number of nitrogens with zero attached hydrogens (tertiary/aromatic N) is 2. The topological polar surface area (TPSA) is 71.5 Å². The molecule has 34 heavy (non-hydrogen) atoms. The Hall–Kier alpha value is -2.67. The summed E-state index contributed by atoms with van der Waals surface area (Å²) in [6.45, 7) is 6.21. The number of rotatable bonds is 8. The number of aromatic nitrogens is 1. The lowest BCUT2D eigenvalue weighted by atomic mass is 9.97. The van der Waals surface area contributed by atoms with Gasteiger partial charge in [-0.2, -0.15) is 0 Å². The van der Waals surface area contributed by atoms with Crippen molar-refractivity contribution in [3.05, 3.63) is 57.1 Å². The molecule has 1 saturated heterocycles. The van der Waals surface area contributed by atoms with E-state index in [2.05, 4.69) is 23.3 Å². The van der Waals surface area contributed by atoms with Crippen LogP contribution < -0.4 is 10.1 Å². The molecule has 4 rings (SSSR count). The van der Waals surface area contributed by atoms with Gasteiger partial charge in [0.25, 0.3) is 11.8 Å². The first-order chi connectivity index (χ1) is 16.5. The number of benzene rings is 1. The normalized spacial score (nSPS) is 16.8. The molecule has 1 aromatic heterocycles. The van der Waals surface area contributed by atoms with Gasteiger partial charge in [-0.25, -0.2) is 4.98 Å². The minimum Gasteiger partial charge on any atom is -0.484 e. The summed E-state index contributed by atoms with van der Waals surface area (Å²) in [5.41, 5.74) is 4.34. The van der Waals surface area contributed by atoms with Crippen LogP contribution >= 0.6 is 11.3 Å². The van der Waals surface area contributed by atoms with Gasteiger partial charge in [0.15, 0.2) is 6.61 Å². The molecule has 1 N–H and O–H groups in total. The number of thiazole rings is 1. The summed E-state index contributed by atoms with van der Waals surface area (Å²) in [4.78, 5) is 31.6. The molecule has 182 valence electrons. The summed E-state index contributed by atoms with van der Waals surface area (Å²) >= 11 is 1.55. The number of likely N-dealkylation sites (tertiary alicyclic amines) is 1. The maximum Gasteiger partial charge on any atom is 0.270 e. The zero-order valence-corrected chi connectivity index (χ0v) is 21.1. The lowest BCUT2D eigenvalue weighted by Gasteiger charge is -2.31. The van der Waals surface area contributed by atoms with E-state index in [1.165, 1.54) is 30.4 Å². The Balaban J connectivity index is 1.20. The van der Waals surface area contributed by atoms with Gasteiger partial charge in [0.1, 0.15) is 11.4 Å². The van der Waals surface area contributed by atoms with Crippen LogP contribution in [-0.2, 0) is 4.79 Å². The van der Waals surface area contributed by atoms with E-state index in [0.29, 0.717) is 31.2 Å². The number of hydrogen-bond donors (Lipinski definition) is 1. The highest BCUT2D eigenvalue weighted by Gasteiger charge is 2.26. The van der Waals surface area contributed by atoms with E-state index in [0.717, 1.165) is 42.0 Å². The fraction of sp³-hybridized carbons (Fsp3) is 0.519. The van der Waals surface area contributed by atoms with Crippen LogP contribution in [0.5, 0.6) is 5.75 Å². The maximum absolute atomic E-state index is 12.6.